The topological polar surface area (TPSA) is 45.7 Å². The van der Waals surface area contributed by atoms with Gasteiger partial charge in [-0.1, -0.05) is 12.2 Å². The Hall–Kier alpha value is -1.03. The van der Waals surface area contributed by atoms with Crippen molar-refractivity contribution in [3.8, 4) is 0 Å². The Bertz CT molecular complexity index is 202. The van der Waals surface area contributed by atoms with Crippen molar-refractivity contribution in [3.05, 3.63) is 12.2 Å². The molecule has 0 spiro atoms. The smallest absolute Gasteiger partial charge is 0.191 e. The maximum absolute atomic E-state index is 4.98. The molecular formula is C12H25N3O. The fourth-order valence-electron chi connectivity index (χ4n) is 1.18. The van der Waals surface area contributed by atoms with E-state index in [2.05, 4.69) is 34.7 Å². The van der Waals surface area contributed by atoms with Crippen molar-refractivity contribution in [2.24, 2.45) is 4.99 Å². The summed E-state index contributed by atoms with van der Waals surface area (Å²) in [6.07, 6.45) is 6.19. The van der Waals surface area contributed by atoms with E-state index >= 15 is 0 Å². The van der Waals surface area contributed by atoms with Crippen LogP contribution in [0.5, 0.6) is 0 Å². The summed E-state index contributed by atoms with van der Waals surface area (Å²) in [4.78, 5) is 4.44. The van der Waals surface area contributed by atoms with Crippen LogP contribution in [0, 0.1) is 0 Å². The van der Waals surface area contributed by atoms with Crippen molar-refractivity contribution in [2.75, 3.05) is 33.4 Å². The molecule has 0 unspecified atom stereocenters. The number of hydrogen-bond acceptors (Lipinski definition) is 2. The predicted octanol–water partition coefficient (Wildman–Crippen LogP) is 1.54. The molecule has 4 heteroatoms. The first-order valence-electron chi connectivity index (χ1n) is 5.97. The Kier molecular flexibility index (Phi) is 11.3. The van der Waals surface area contributed by atoms with E-state index in [1.807, 2.05) is 6.92 Å². The lowest BCUT2D eigenvalue weighted by Gasteiger charge is -2.10. The number of rotatable bonds is 8. The summed E-state index contributed by atoms with van der Waals surface area (Å²) in [5.41, 5.74) is 0. The highest BCUT2D eigenvalue weighted by atomic mass is 16.5. The van der Waals surface area contributed by atoms with Gasteiger partial charge in [0.2, 0.25) is 0 Å². The van der Waals surface area contributed by atoms with Crippen molar-refractivity contribution in [1.82, 2.24) is 10.6 Å². The van der Waals surface area contributed by atoms with Crippen LogP contribution in [0.3, 0.4) is 0 Å². The molecule has 0 amide bonds. The van der Waals surface area contributed by atoms with Crippen molar-refractivity contribution in [2.45, 2.75) is 26.7 Å². The van der Waals surface area contributed by atoms with E-state index in [1.165, 1.54) is 0 Å². The van der Waals surface area contributed by atoms with Crippen LogP contribution in [0.4, 0.5) is 0 Å². The Balaban J connectivity index is 3.75. The van der Waals surface area contributed by atoms with Crippen molar-refractivity contribution >= 4 is 5.96 Å². The van der Waals surface area contributed by atoms with Gasteiger partial charge in [-0.3, -0.25) is 4.99 Å². The number of nitrogens with zero attached hydrogens (tertiary/aromatic N) is 1. The first-order valence-corrected chi connectivity index (χ1v) is 5.97. The van der Waals surface area contributed by atoms with Gasteiger partial charge >= 0.3 is 0 Å². The predicted molar refractivity (Wildman–Crippen MR) is 69.9 cm³/mol. The van der Waals surface area contributed by atoms with E-state index in [9.17, 15) is 0 Å². The zero-order valence-electron chi connectivity index (χ0n) is 10.8. The molecule has 0 aliphatic carbocycles. The first kappa shape index (κ1) is 15.0. The van der Waals surface area contributed by atoms with Gasteiger partial charge in [0.15, 0.2) is 5.96 Å². The number of nitrogens with one attached hydrogen (secondary N) is 2. The molecule has 2 N–H and O–H groups in total. The minimum atomic E-state index is 0.765. The summed E-state index contributed by atoms with van der Waals surface area (Å²) in [7, 11) is 1.71. The molecule has 0 aliphatic rings. The van der Waals surface area contributed by atoms with Crippen molar-refractivity contribution < 1.29 is 4.74 Å². The van der Waals surface area contributed by atoms with Crippen LogP contribution in [0.2, 0.25) is 0 Å². The summed E-state index contributed by atoms with van der Waals surface area (Å²) in [6, 6.07) is 0. The molecule has 0 aliphatic heterocycles. The number of aliphatic imine (C=N–C) groups is 1. The third-order valence-corrected chi connectivity index (χ3v) is 1.96. The lowest BCUT2D eigenvalue weighted by Crippen LogP contribution is -2.37. The maximum atomic E-state index is 4.98. The molecule has 0 radical (unpaired) electrons. The molecule has 0 heterocycles. The van der Waals surface area contributed by atoms with Crippen LogP contribution >= 0.6 is 0 Å². The van der Waals surface area contributed by atoms with Gasteiger partial charge in [0.25, 0.3) is 0 Å². The van der Waals surface area contributed by atoms with Crippen molar-refractivity contribution in [3.63, 3.8) is 0 Å². The molecule has 16 heavy (non-hydrogen) atoms. The summed E-state index contributed by atoms with van der Waals surface area (Å²) >= 11 is 0. The quantitative estimate of drug-likeness (QED) is 0.286. The highest BCUT2D eigenvalue weighted by molar-refractivity contribution is 5.79. The average molecular weight is 227 g/mol. The molecule has 0 fully saturated rings. The van der Waals surface area contributed by atoms with Crippen LogP contribution in [0.25, 0.3) is 0 Å². The average Bonchev–Trinajstić information content (AvgIpc) is 2.30. The van der Waals surface area contributed by atoms with Crippen LogP contribution in [0.15, 0.2) is 17.1 Å². The molecule has 0 rings (SSSR count). The van der Waals surface area contributed by atoms with Gasteiger partial charge in [0.1, 0.15) is 0 Å². The van der Waals surface area contributed by atoms with Crippen LogP contribution in [0.1, 0.15) is 26.7 Å². The Morgan fingerprint density at radius 2 is 2.19 bits per heavy atom. The number of guanidine groups is 1. The summed E-state index contributed by atoms with van der Waals surface area (Å²) < 4.78 is 4.98. The summed E-state index contributed by atoms with van der Waals surface area (Å²) in [5.74, 6) is 0.892. The molecule has 0 aromatic rings. The molecular weight excluding hydrogens is 202 g/mol. The molecule has 0 bridgehead atoms. The second kappa shape index (κ2) is 12.0. The molecule has 94 valence electrons. The maximum Gasteiger partial charge on any atom is 0.191 e. The molecule has 0 saturated heterocycles. The molecule has 0 saturated carbocycles. The molecule has 0 aromatic carbocycles. The molecule has 0 atom stereocenters. The Morgan fingerprint density at radius 1 is 1.38 bits per heavy atom. The van der Waals surface area contributed by atoms with E-state index < -0.39 is 0 Å². The van der Waals surface area contributed by atoms with E-state index in [-0.39, 0.29) is 0 Å². The van der Waals surface area contributed by atoms with Gasteiger partial charge in [-0.05, 0) is 26.7 Å². The lowest BCUT2D eigenvalue weighted by atomic mass is 10.4. The fraction of sp³-hybridized carbons (Fsp3) is 0.750. The number of ether oxygens (including phenoxy) is 1. The SMILES string of the molecule is CC=CCCNC(=NCCCOC)NCC. The Morgan fingerprint density at radius 3 is 2.81 bits per heavy atom. The van der Waals surface area contributed by atoms with Crippen LogP contribution in [-0.4, -0.2) is 39.3 Å². The summed E-state index contributed by atoms with van der Waals surface area (Å²) in [5, 5.41) is 6.49. The number of hydrogen-bond donors (Lipinski definition) is 2. The number of allylic oxidation sites excluding steroid dienone is 1. The third-order valence-electron chi connectivity index (χ3n) is 1.96. The van der Waals surface area contributed by atoms with Gasteiger partial charge < -0.3 is 15.4 Å². The first-order chi connectivity index (χ1) is 7.85. The largest absolute Gasteiger partial charge is 0.385 e. The van der Waals surface area contributed by atoms with E-state index in [1.54, 1.807) is 7.11 Å². The molecule has 4 nitrogen and oxygen atoms in total. The second-order valence-corrected chi connectivity index (χ2v) is 3.39. The zero-order valence-corrected chi connectivity index (χ0v) is 10.8. The van der Waals surface area contributed by atoms with Crippen LogP contribution < -0.4 is 10.6 Å². The van der Waals surface area contributed by atoms with Gasteiger partial charge in [-0.25, -0.2) is 0 Å². The van der Waals surface area contributed by atoms with Crippen molar-refractivity contribution in [1.29, 1.82) is 0 Å². The second-order valence-electron chi connectivity index (χ2n) is 3.39. The van der Waals surface area contributed by atoms with Gasteiger partial charge in [-0.15, -0.1) is 0 Å². The molecule has 0 aromatic heterocycles. The third kappa shape index (κ3) is 9.52. The highest BCUT2D eigenvalue weighted by Crippen LogP contribution is 1.84. The standard InChI is InChI=1S/C12H25N3O/c1-4-6-7-9-14-12(13-5-2)15-10-8-11-16-3/h4,6H,5,7-11H2,1-3H3,(H2,13,14,15). The summed E-state index contributed by atoms with van der Waals surface area (Å²) in [6.45, 7) is 7.47. The van der Waals surface area contributed by atoms with E-state index in [0.29, 0.717) is 0 Å². The zero-order chi connectivity index (χ0) is 12.1. The lowest BCUT2D eigenvalue weighted by molar-refractivity contribution is 0.197. The van der Waals surface area contributed by atoms with Gasteiger partial charge in [-0.2, -0.15) is 0 Å². The Labute approximate surface area is 99.2 Å². The monoisotopic (exact) mass is 227 g/mol. The minimum Gasteiger partial charge on any atom is -0.385 e. The number of methoxy groups -OCH3 is 1. The van der Waals surface area contributed by atoms with Gasteiger partial charge in [0, 0.05) is 33.4 Å². The van der Waals surface area contributed by atoms with Gasteiger partial charge in [0.05, 0.1) is 0 Å². The van der Waals surface area contributed by atoms with E-state index in [0.717, 1.165) is 45.0 Å². The van der Waals surface area contributed by atoms with E-state index in [4.69, 9.17) is 4.74 Å². The highest BCUT2D eigenvalue weighted by Gasteiger charge is 1.94. The minimum absolute atomic E-state index is 0.765. The normalized spacial score (nSPS) is 12.1. The van der Waals surface area contributed by atoms with Crippen LogP contribution in [-0.2, 0) is 4.74 Å². The fourth-order valence-corrected chi connectivity index (χ4v) is 1.18.